The first-order valence-electron chi connectivity index (χ1n) is 9.63. The van der Waals surface area contributed by atoms with Crippen LogP contribution in [-0.2, 0) is 23.7 Å². The fourth-order valence-electron chi connectivity index (χ4n) is 4.27. The van der Waals surface area contributed by atoms with E-state index in [0.717, 1.165) is 6.42 Å². The van der Waals surface area contributed by atoms with E-state index in [1.54, 1.807) is 0 Å². The van der Waals surface area contributed by atoms with Gasteiger partial charge in [0.05, 0.1) is 0 Å². The van der Waals surface area contributed by atoms with Crippen LogP contribution in [0, 0.1) is 17.3 Å². The van der Waals surface area contributed by atoms with Crippen molar-refractivity contribution in [2.24, 2.45) is 17.3 Å². The molecule has 0 aromatic carbocycles. The molecule has 3 saturated heterocycles. The van der Waals surface area contributed by atoms with Gasteiger partial charge in [-0.15, -0.1) is 0 Å². The van der Waals surface area contributed by atoms with Crippen LogP contribution >= 0.6 is 0 Å². The van der Waals surface area contributed by atoms with Crippen LogP contribution in [0.25, 0.3) is 0 Å². The number of fused-ring (bicyclic) bond motifs is 3. The number of hydrogen-bond donors (Lipinski definition) is 2. The van der Waals surface area contributed by atoms with Gasteiger partial charge in [-0.2, -0.15) is 0 Å². The molecule has 3 aliphatic heterocycles. The van der Waals surface area contributed by atoms with Crippen LogP contribution in [0.1, 0.15) is 54.9 Å². The van der Waals surface area contributed by atoms with E-state index < -0.39 is 54.5 Å². The van der Waals surface area contributed by atoms with Gasteiger partial charge in [-0.3, -0.25) is 0 Å². The SMILES string of the molecule is CC(C)CC(C)(C(C)C)C(O)OC1C(O)OC2C3OC(C)(C)OC3OC12. The Morgan fingerprint density at radius 1 is 1.04 bits per heavy atom. The molecule has 7 nitrogen and oxygen atoms in total. The Morgan fingerprint density at radius 3 is 2.27 bits per heavy atom. The summed E-state index contributed by atoms with van der Waals surface area (Å²) in [6.07, 6.45) is -4.20. The van der Waals surface area contributed by atoms with Crippen molar-refractivity contribution in [1.82, 2.24) is 0 Å². The molecule has 0 aliphatic carbocycles. The average Bonchev–Trinajstić information content (AvgIpc) is 3.06. The maximum Gasteiger partial charge on any atom is 0.190 e. The lowest BCUT2D eigenvalue weighted by atomic mass is 9.72. The highest BCUT2D eigenvalue weighted by atomic mass is 16.9. The van der Waals surface area contributed by atoms with E-state index in [1.165, 1.54) is 0 Å². The van der Waals surface area contributed by atoms with Crippen LogP contribution in [0.2, 0.25) is 0 Å². The van der Waals surface area contributed by atoms with Crippen molar-refractivity contribution in [3.8, 4) is 0 Å². The Hall–Kier alpha value is -0.280. The van der Waals surface area contributed by atoms with Crippen molar-refractivity contribution in [3.63, 3.8) is 0 Å². The molecule has 0 bridgehead atoms. The predicted molar refractivity (Wildman–Crippen MR) is 92.9 cm³/mol. The monoisotopic (exact) mass is 374 g/mol. The molecule has 0 aromatic rings. The van der Waals surface area contributed by atoms with Gasteiger partial charge in [0.25, 0.3) is 0 Å². The number of ether oxygens (including phenoxy) is 5. The molecule has 2 N–H and O–H groups in total. The fourth-order valence-corrected chi connectivity index (χ4v) is 4.27. The van der Waals surface area contributed by atoms with Crippen molar-refractivity contribution in [3.05, 3.63) is 0 Å². The molecule has 3 aliphatic rings. The van der Waals surface area contributed by atoms with Gasteiger partial charge in [0.15, 0.2) is 24.7 Å². The van der Waals surface area contributed by atoms with E-state index in [0.29, 0.717) is 5.92 Å². The third-order valence-electron chi connectivity index (χ3n) is 5.95. The second kappa shape index (κ2) is 6.95. The van der Waals surface area contributed by atoms with E-state index in [4.69, 9.17) is 23.7 Å². The summed E-state index contributed by atoms with van der Waals surface area (Å²) in [4.78, 5) is 0. The minimum Gasteiger partial charge on any atom is -0.367 e. The first-order chi connectivity index (χ1) is 11.9. The summed E-state index contributed by atoms with van der Waals surface area (Å²) in [5.74, 6) is -0.142. The summed E-state index contributed by atoms with van der Waals surface area (Å²) in [5, 5.41) is 21.2. The first-order valence-corrected chi connectivity index (χ1v) is 9.63. The van der Waals surface area contributed by atoms with Crippen molar-refractivity contribution >= 4 is 0 Å². The minimum atomic E-state index is -1.18. The Bertz CT molecular complexity index is 508. The number of aliphatic hydroxyl groups is 2. The fraction of sp³-hybridized carbons (Fsp3) is 1.00. The topological polar surface area (TPSA) is 86.6 Å². The van der Waals surface area contributed by atoms with Crippen molar-refractivity contribution in [2.75, 3.05) is 0 Å². The summed E-state index contributed by atoms with van der Waals surface area (Å²) in [6.45, 7) is 14.0. The standard InChI is InChI=1S/C19H34O7/c1-9(2)8-19(7,10(3)4)17(21)24-13-11-12(22-15(13)20)14-16(23-11)26-18(5,6)25-14/h9-17,20-21H,8H2,1-7H3. The highest BCUT2D eigenvalue weighted by molar-refractivity contribution is 5.02. The molecule has 7 heteroatoms. The maximum atomic E-state index is 10.9. The largest absolute Gasteiger partial charge is 0.367 e. The molecule has 8 unspecified atom stereocenters. The predicted octanol–water partition coefficient (Wildman–Crippen LogP) is 1.99. The molecule has 0 radical (unpaired) electrons. The molecular formula is C19H34O7. The third-order valence-corrected chi connectivity index (χ3v) is 5.95. The molecular weight excluding hydrogens is 340 g/mol. The summed E-state index contributed by atoms with van der Waals surface area (Å²) in [7, 11) is 0. The zero-order valence-corrected chi connectivity index (χ0v) is 16.8. The molecule has 3 rings (SSSR count). The summed E-state index contributed by atoms with van der Waals surface area (Å²) in [6, 6.07) is 0. The molecule has 3 heterocycles. The molecule has 152 valence electrons. The molecule has 26 heavy (non-hydrogen) atoms. The first kappa shape index (κ1) is 20.5. The Balaban J connectivity index is 1.70. The van der Waals surface area contributed by atoms with Crippen molar-refractivity contribution in [1.29, 1.82) is 0 Å². The van der Waals surface area contributed by atoms with E-state index in [2.05, 4.69) is 27.7 Å². The third kappa shape index (κ3) is 3.55. The Kier molecular flexibility index (Phi) is 5.47. The highest BCUT2D eigenvalue weighted by Crippen LogP contribution is 2.46. The second-order valence-corrected chi connectivity index (χ2v) is 9.27. The van der Waals surface area contributed by atoms with Crippen LogP contribution in [0.5, 0.6) is 0 Å². The van der Waals surface area contributed by atoms with Gasteiger partial charge in [-0.05, 0) is 32.1 Å². The maximum absolute atomic E-state index is 10.9. The minimum absolute atomic E-state index is 0.200. The smallest absolute Gasteiger partial charge is 0.190 e. The van der Waals surface area contributed by atoms with E-state index in [-0.39, 0.29) is 5.92 Å². The highest BCUT2D eigenvalue weighted by Gasteiger charge is 2.63. The molecule has 0 aromatic heterocycles. The number of hydrogen-bond acceptors (Lipinski definition) is 7. The molecule has 0 saturated carbocycles. The van der Waals surface area contributed by atoms with Gasteiger partial charge in [0.2, 0.25) is 0 Å². The second-order valence-electron chi connectivity index (χ2n) is 9.27. The van der Waals surface area contributed by atoms with Gasteiger partial charge in [-0.1, -0.05) is 34.6 Å². The summed E-state index contributed by atoms with van der Waals surface area (Å²) >= 11 is 0. The Labute approximate surface area is 155 Å². The van der Waals surface area contributed by atoms with Crippen molar-refractivity contribution < 1.29 is 33.9 Å². The van der Waals surface area contributed by atoms with Crippen LogP contribution in [-0.4, -0.2) is 59.3 Å². The van der Waals surface area contributed by atoms with Gasteiger partial charge in [-0.25, -0.2) is 0 Å². The molecule has 8 atom stereocenters. The van der Waals surface area contributed by atoms with Gasteiger partial charge < -0.3 is 33.9 Å². The van der Waals surface area contributed by atoms with E-state index in [9.17, 15) is 10.2 Å². The zero-order valence-electron chi connectivity index (χ0n) is 16.8. The summed E-state index contributed by atoms with van der Waals surface area (Å²) in [5.41, 5.74) is -0.449. The van der Waals surface area contributed by atoms with Crippen molar-refractivity contribution in [2.45, 2.75) is 104 Å². The van der Waals surface area contributed by atoms with Crippen LogP contribution < -0.4 is 0 Å². The van der Waals surface area contributed by atoms with Gasteiger partial charge >= 0.3 is 0 Å². The van der Waals surface area contributed by atoms with Crippen LogP contribution in [0.15, 0.2) is 0 Å². The molecule has 0 spiro atoms. The normalized spacial score (nSPS) is 42.1. The molecule has 3 fully saturated rings. The zero-order chi connectivity index (χ0) is 19.4. The van der Waals surface area contributed by atoms with Crippen LogP contribution in [0.4, 0.5) is 0 Å². The number of rotatable bonds is 6. The quantitative estimate of drug-likeness (QED) is 0.688. The lowest BCUT2D eigenvalue weighted by Crippen LogP contribution is -2.47. The van der Waals surface area contributed by atoms with E-state index >= 15 is 0 Å². The lowest BCUT2D eigenvalue weighted by molar-refractivity contribution is -0.267. The average molecular weight is 374 g/mol. The van der Waals surface area contributed by atoms with Gasteiger partial charge in [0.1, 0.15) is 24.4 Å². The summed E-state index contributed by atoms with van der Waals surface area (Å²) < 4.78 is 29.1. The van der Waals surface area contributed by atoms with Crippen LogP contribution in [0.3, 0.4) is 0 Å². The molecule has 0 amide bonds. The van der Waals surface area contributed by atoms with E-state index in [1.807, 2.05) is 20.8 Å². The lowest BCUT2D eigenvalue weighted by Gasteiger charge is -2.41. The Morgan fingerprint density at radius 2 is 1.69 bits per heavy atom. The number of aliphatic hydroxyl groups excluding tert-OH is 2. The van der Waals surface area contributed by atoms with Gasteiger partial charge in [0, 0.05) is 5.41 Å².